The second-order valence-corrected chi connectivity index (χ2v) is 5.95. The zero-order valence-corrected chi connectivity index (χ0v) is 13.8. The first-order valence-corrected chi connectivity index (χ1v) is 7.89. The average Bonchev–Trinajstić information content (AvgIpc) is 2.59. The molecule has 0 spiro atoms. The Bertz CT molecular complexity index is 918. The Labute approximate surface area is 151 Å². The summed E-state index contributed by atoms with van der Waals surface area (Å²) < 4.78 is 47.0. The number of fused-ring (bicyclic) bond motifs is 1. The van der Waals surface area contributed by atoms with E-state index in [9.17, 15) is 27.9 Å². The van der Waals surface area contributed by atoms with Crippen molar-refractivity contribution in [1.29, 1.82) is 0 Å². The minimum absolute atomic E-state index is 0.0187. The second kappa shape index (κ2) is 7.18. The van der Waals surface area contributed by atoms with Gasteiger partial charge in [0, 0.05) is 18.2 Å². The van der Waals surface area contributed by atoms with Gasteiger partial charge in [-0.3, -0.25) is 4.90 Å². The van der Waals surface area contributed by atoms with E-state index in [4.69, 9.17) is 9.84 Å². The van der Waals surface area contributed by atoms with Crippen molar-refractivity contribution in [1.82, 2.24) is 4.90 Å². The fourth-order valence-corrected chi connectivity index (χ4v) is 3.21. The van der Waals surface area contributed by atoms with Gasteiger partial charge in [0.2, 0.25) is 0 Å². The highest BCUT2D eigenvalue weighted by atomic mass is 19.1. The third-order valence-electron chi connectivity index (χ3n) is 4.27. The minimum atomic E-state index is -1.37. The maximum atomic E-state index is 14.2. The summed E-state index contributed by atoms with van der Waals surface area (Å²) in [4.78, 5) is 23.4. The van der Waals surface area contributed by atoms with Crippen molar-refractivity contribution >= 4 is 12.1 Å². The predicted molar refractivity (Wildman–Crippen MR) is 86.2 cm³/mol. The Balaban J connectivity index is 2.20. The standard InChI is InChI=1S/C18H14F3NO5/c19-9-1-2-15(27-8-16(23)24)13(5-9)17-12-6-10(20)7-14(21)11(12)3-4-22(17)18(25)26/h1-2,5-7,17H,3-4,8H2,(H,23,24)(H,25,26). The number of benzene rings is 2. The van der Waals surface area contributed by atoms with Crippen molar-refractivity contribution in [2.45, 2.75) is 12.5 Å². The first kappa shape index (κ1) is 18.6. The van der Waals surface area contributed by atoms with Gasteiger partial charge in [0.05, 0.1) is 6.04 Å². The van der Waals surface area contributed by atoms with Crippen molar-refractivity contribution in [3.8, 4) is 5.75 Å². The predicted octanol–water partition coefficient (Wildman–Crippen LogP) is 3.19. The highest BCUT2D eigenvalue weighted by Crippen LogP contribution is 2.40. The molecule has 0 saturated heterocycles. The Kier molecular flexibility index (Phi) is 4.93. The molecule has 0 radical (unpaired) electrons. The molecule has 2 aromatic carbocycles. The van der Waals surface area contributed by atoms with E-state index in [0.717, 1.165) is 29.2 Å². The number of rotatable bonds is 4. The van der Waals surface area contributed by atoms with Crippen LogP contribution in [0.2, 0.25) is 0 Å². The van der Waals surface area contributed by atoms with Crippen molar-refractivity contribution in [3.63, 3.8) is 0 Å². The third-order valence-corrected chi connectivity index (χ3v) is 4.27. The molecule has 1 unspecified atom stereocenters. The summed E-state index contributed by atoms with van der Waals surface area (Å²) in [6.07, 6.45) is -1.35. The van der Waals surface area contributed by atoms with Crippen LogP contribution < -0.4 is 4.74 Å². The Morgan fingerprint density at radius 2 is 1.78 bits per heavy atom. The number of carboxylic acids is 1. The maximum Gasteiger partial charge on any atom is 0.408 e. The molecule has 1 aliphatic rings. The lowest BCUT2D eigenvalue weighted by molar-refractivity contribution is -0.139. The fraction of sp³-hybridized carbons (Fsp3) is 0.222. The van der Waals surface area contributed by atoms with E-state index >= 15 is 0 Å². The Morgan fingerprint density at radius 3 is 2.44 bits per heavy atom. The van der Waals surface area contributed by atoms with E-state index in [1.807, 2.05) is 0 Å². The summed E-state index contributed by atoms with van der Waals surface area (Å²) in [5, 5.41) is 18.3. The Hall–Kier alpha value is -3.23. The lowest BCUT2D eigenvalue weighted by Gasteiger charge is -2.36. The topological polar surface area (TPSA) is 87.1 Å². The molecule has 0 saturated carbocycles. The number of hydrogen-bond donors (Lipinski definition) is 2. The molecule has 0 bridgehead atoms. The molecule has 2 N–H and O–H groups in total. The van der Waals surface area contributed by atoms with Crippen LogP contribution in [0.4, 0.5) is 18.0 Å². The van der Waals surface area contributed by atoms with Crippen molar-refractivity contribution in [3.05, 3.63) is 64.5 Å². The number of amides is 1. The highest BCUT2D eigenvalue weighted by molar-refractivity contribution is 5.69. The van der Waals surface area contributed by atoms with Crippen LogP contribution in [0, 0.1) is 17.5 Å². The van der Waals surface area contributed by atoms with E-state index in [-0.39, 0.29) is 35.4 Å². The number of nitrogens with zero attached hydrogens (tertiary/aromatic N) is 1. The van der Waals surface area contributed by atoms with Gasteiger partial charge in [0.25, 0.3) is 0 Å². The van der Waals surface area contributed by atoms with E-state index < -0.39 is 42.2 Å². The second-order valence-electron chi connectivity index (χ2n) is 5.95. The molecule has 9 heteroatoms. The quantitative estimate of drug-likeness (QED) is 0.849. The van der Waals surface area contributed by atoms with Crippen LogP contribution in [0.15, 0.2) is 30.3 Å². The Morgan fingerprint density at radius 1 is 1.07 bits per heavy atom. The zero-order chi connectivity index (χ0) is 19.7. The molecule has 6 nitrogen and oxygen atoms in total. The molecule has 142 valence electrons. The van der Waals surface area contributed by atoms with Gasteiger partial charge in [-0.2, -0.15) is 0 Å². The molecular weight excluding hydrogens is 367 g/mol. The number of aliphatic carboxylic acids is 1. The van der Waals surface area contributed by atoms with E-state index in [0.29, 0.717) is 6.07 Å². The third kappa shape index (κ3) is 3.67. The van der Waals surface area contributed by atoms with Crippen LogP contribution in [0.5, 0.6) is 5.75 Å². The summed E-state index contributed by atoms with van der Waals surface area (Å²) in [6.45, 7) is -0.854. The molecule has 1 heterocycles. The molecule has 0 fully saturated rings. The molecule has 0 aliphatic carbocycles. The van der Waals surface area contributed by atoms with Gasteiger partial charge in [-0.25, -0.2) is 22.8 Å². The molecule has 0 aromatic heterocycles. The van der Waals surface area contributed by atoms with Gasteiger partial charge < -0.3 is 14.9 Å². The largest absolute Gasteiger partial charge is 0.482 e. The van der Waals surface area contributed by atoms with Crippen LogP contribution in [-0.2, 0) is 11.2 Å². The van der Waals surface area contributed by atoms with Crippen LogP contribution in [-0.4, -0.2) is 40.3 Å². The lowest BCUT2D eigenvalue weighted by Crippen LogP contribution is -2.40. The molecule has 1 aliphatic heterocycles. The van der Waals surface area contributed by atoms with Crippen LogP contribution in [0.1, 0.15) is 22.7 Å². The number of carboxylic acid groups (broad SMARTS) is 2. The smallest absolute Gasteiger partial charge is 0.408 e. The van der Waals surface area contributed by atoms with Gasteiger partial charge in [-0.05, 0) is 41.8 Å². The van der Waals surface area contributed by atoms with Crippen molar-refractivity contribution in [2.75, 3.05) is 13.2 Å². The molecule has 27 heavy (non-hydrogen) atoms. The van der Waals surface area contributed by atoms with Crippen LogP contribution in [0.3, 0.4) is 0 Å². The van der Waals surface area contributed by atoms with Crippen LogP contribution >= 0.6 is 0 Å². The van der Waals surface area contributed by atoms with E-state index in [1.165, 1.54) is 0 Å². The monoisotopic (exact) mass is 381 g/mol. The summed E-state index contributed by atoms with van der Waals surface area (Å²) in [5.74, 6) is -3.85. The SMILES string of the molecule is O=C(O)COc1ccc(F)cc1C1c2cc(F)cc(F)c2CCN1C(=O)O. The molecular formula is C18H14F3NO5. The summed E-state index contributed by atoms with van der Waals surface area (Å²) in [7, 11) is 0. The van der Waals surface area contributed by atoms with Crippen molar-refractivity contribution in [2.24, 2.45) is 0 Å². The van der Waals surface area contributed by atoms with Gasteiger partial charge in [-0.1, -0.05) is 0 Å². The molecule has 1 atom stereocenters. The van der Waals surface area contributed by atoms with Crippen molar-refractivity contribution < 1.29 is 37.7 Å². The van der Waals surface area contributed by atoms with Gasteiger partial charge in [-0.15, -0.1) is 0 Å². The molecule has 2 aromatic rings. The summed E-state index contributed by atoms with van der Waals surface area (Å²) in [6, 6.07) is 3.56. The first-order chi connectivity index (χ1) is 12.8. The molecule has 3 rings (SSSR count). The average molecular weight is 381 g/mol. The van der Waals surface area contributed by atoms with E-state index in [2.05, 4.69) is 0 Å². The lowest BCUT2D eigenvalue weighted by atomic mass is 9.87. The highest BCUT2D eigenvalue weighted by Gasteiger charge is 2.36. The number of halogens is 3. The number of carbonyl (C=O) groups is 2. The first-order valence-electron chi connectivity index (χ1n) is 7.89. The summed E-state index contributed by atoms with van der Waals surface area (Å²) in [5.41, 5.74) is 0.101. The number of ether oxygens (including phenoxy) is 1. The van der Waals surface area contributed by atoms with Gasteiger partial charge >= 0.3 is 12.1 Å². The fourth-order valence-electron chi connectivity index (χ4n) is 3.21. The van der Waals surface area contributed by atoms with Gasteiger partial charge in [0.1, 0.15) is 23.2 Å². The minimum Gasteiger partial charge on any atom is -0.482 e. The summed E-state index contributed by atoms with van der Waals surface area (Å²) >= 11 is 0. The molecule has 1 amide bonds. The maximum absolute atomic E-state index is 14.2. The zero-order valence-electron chi connectivity index (χ0n) is 13.8. The number of hydrogen-bond acceptors (Lipinski definition) is 3. The van der Waals surface area contributed by atoms with E-state index in [1.54, 1.807) is 0 Å². The van der Waals surface area contributed by atoms with Gasteiger partial charge in [0.15, 0.2) is 6.61 Å². The normalized spacial score (nSPS) is 16.0. The van der Waals surface area contributed by atoms with Crippen LogP contribution in [0.25, 0.3) is 0 Å².